The molecule has 124 valence electrons. The Balaban J connectivity index is 4.14. The van der Waals surface area contributed by atoms with Crippen LogP contribution in [0.5, 0.6) is 0 Å². The van der Waals surface area contributed by atoms with Gasteiger partial charge in [0.15, 0.2) is 0 Å². The Labute approximate surface area is 128 Å². The van der Waals surface area contributed by atoms with Gasteiger partial charge in [-0.2, -0.15) is 0 Å². The molecule has 0 aliphatic carbocycles. The van der Waals surface area contributed by atoms with Gasteiger partial charge < -0.3 is 20.2 Å². The molecule has 0 heterocycles. The molecule has 6 heteroatoms. The van der Waals surface area contributed by atoms with Crippen molar-refractivity contribution < 1.29 is 14.7 Å². The van der Waals surface area contributed by atoms with E-state index in [9.17, 15) is 9.59 Å². The van der Waals surface area contributed by atoms with E-state index in [-0.39, 0.29) is 18.5 Å². The van der Waals surface area contributed by atoms with Crippen LogP contribution in [-0.2, 0) is 4.79 Å². The maximum atomic E-state index is 12.1. The smallest absolute Gasteiger partial charge is 0.317 e. The molecule has 6 nitrogen and oxygen atoms in total. The van der Waals surface area contributed by atoms with Crippen LogP contribution in [0.2, 0.25) is 0 Å². The number of carbonyl (C=O) groups excluding carboxylic acids is 1. The molecule has 0 spiro atoms. The highest BCUT2D eigenvalue weighted by molar-refractivity contribution is 5.74. The molecule has 0 radical (unpaired) electrons. The van der Waals surface area contributed by atoms with Gasteiger partial charge >= 0.3 is 12.0 Å². The molecular formula is C15H31N3O3. The van der Waals surface area contributed by atoms with Crippen LogP contribution in [0.4, 0.5) is 4.79 Å². The summed E-state index contributed by atoms with van der Waals surface area (Å²) in [6, 6.07) is -0.0420. The van der Waals surface area contributed by atoms with E-state index in [1.807, 2.05) is 13.8 Å². The van der Waals surface area contributed by atoms with Crippen molar-refractivity contribution in [2.75, 3.05) is 32.7 Å². The number of likely N-dealkylation sites (N-methyl/N-ethyl adjacent to an activating group) is 1. The van der Waals surface area contributed by atoms with E-state index in [2.05, 4.69) is 24.1 Å². The predicted octanol–water partition coefficient (Wildman–Crippen LogP) is 2.00. The molecule has 0 aliphatic rings. The van der Waals surface area contributed by atoms with Gasteiger partial charge in [-0.1, -0.05) is 13.8 Å². The minimum atomic E-state index is -0.822. The van der Waals surface area contributed by atoms with Gasteiger partial charge in [0, 0.05) is 32.1 Å². The highest BCUT2D eigenvalue weighted by Gasteiger charge is 2.16. The molecule has 0 unspecified atom stereocenters. The third-order valence-corrected chi connectivity index (χ3v) is 3.37. The number of carboxylic acid groups (broad SMARTS) is 1. The summed E-state index contributed by atoms with van der Waals surface area (Å²) in [5.74, 6) is -0.822. The summed E-state index contributed by atoms with van der Waals surface area (Å²) in [5, 5.41) is 11.6. The van der Waals surface area contributed by atoms with Crippen LogP contribution in [0.15, 0.2) is 0 Å². The van der Waals surface area contributed by atoms with Crippen LogP contribution in [0.25, 0.3) is 0 Å². The molecule has 0 atom stereocenters. The van der Waals surface area contributed by atoms with E-state index in [1.54, 1.807) is 4.90 Å². The van der Waals surface area contributed by atoms with E-state index >= 15 is 0 Å². The summed E-state index contributed by atoms with van der Waals surface area (Å²) in [6.45, 7) is 12.1. The molecule has 0 rings (SSSR count). The number of hydrogen-bond donors (Lipinski definition) is 2. The first kappa shape index (κ1) is 19.7. The zero-order chi connectivity index (χ0) is 16.3. The zero-order valence-electron chi connectivity index (χ0n) is 13.9. The SMILES string of the molecule is CCCN(CC)CCNC(=O)N(CCCC(=O)O)C(C)C. The van der Waals surface area contributed by atoms with Gasteiger partial charge in [0.05, 0.1) is 0 Å². The lowest BCUT2D eigenvalue weighted by Crippen LogP contribution is -2.46. The average Bonchev–Trinajstić information content (AvgIpc) is 2.41. The Bertz CT molecular complexity index is 309. The van der Waals surface area contributed by atoms with Gasteiger partial charge in [-0.15, -0.1) is 0 Å². The summed E-state index contributed by atoms with van der Waals surface area (Å²) in [7, 11) is 0. The molecule has 0 aromatic heterocycles. The van der Waals surface area contributed by atoms with Gasteiger partial charge in [-0.05, 0) is 39.8 Å². The molecule has 0 aromatic carbocycles. The highest BCUT2D eigenvalue weighted by atomic mass is 16.4. The quantitative estimate of drug-likeness (QED) is 0.612. The first-order valence-corrected chi connectivity index (χ1v) is 7.90. The van der Waals surface area contributed by atoms with Crippen molar-refractivity contribution in [3.05, 3.63) is 0 Å². The second-order valence-corrected chi connectivity index (χ2v) is 5.45. The summed E-state index contributed by atoms with van der Waals surface area (Å²) < 4.78 is 0. The lowest BCUT2D eigenvalue weighted by molar-refractivity contribution is -0.137. The van der Waals surface area contributed by atoms with Gasteiger partial charge in [0.25, 0.3) is 0 Å². The molecule has 0 aromatic rings. The Morgan fingerprint density at radius 3 is 2.29 bits per heavy atom. The summed E-state index contributed by atoms with van der Waals surface area (Å²) >= 11 is 0. The van der Waals surface area contributed by atoms with E-state index in [1.165, 1.54) is 0 Å². The number of carbonyl (C=O) groups is 2. The molecule has 2 amide bonds. The Morgan fingerprint density at radius 1 is 1.14 bits per heavy atom. The summed E-state index contributed by atoms with van der Waals surface area (Å²) in [6.07, 6.45) is 1.68. The number of urea groups is 1. The second-order valence-electron chi connectivity index (χ2n) is 5.45. The predicted molar refractivity (Wildman–Crippen MR) is 84.5 cm³/mol. The van der Waals surface area contributed by atoms with Crippen molar-refractivity contribution >= 4 is 12.0 Å². The zero-order valence-corrected chi connectivity index (χ0v) is 13.9. The number of aliphatic carboxylic acids is 1. The number of nitrogens with zero attached hydrogens (tertiary/aromatic N) is 2. The van der Waals surface area contributed by atoms with Crippen LogP contribution >= 0.6 is 0 Å². The number of nitrogens with one attached hydrogen (secondary N) is 1. The van der Waals surface area contributed by atoms with Crippen molar-refractivity contribution in [1.82, 2.24) is 15.1 Å². The fourth-order valence-corrected chi connectivity index (χ4v) is 2.16. The van der Waals surface area contributed by atoms with Crippen molar-refractivity contribution in [3.8, 4) is 0 Å². The lowest BCUT2D eigenvalue weighted by Gasteiger charge is -2.27. The molecule has 0 saturated carbocycles. The van der Waals surface area contributed by atoms with Gasteiger partial charge in [-0.3, -0.25) is 4.79 Å². The minimum Gasteiger partial charge on any atom is -0.481 e. The van der Waals surface area contributed by atoms with Crippen molar-refractivity contribution in [2.45, 2.75) is 53.0 Å². The van der Waals surface area contributed by atoms with E-state index < -0.39 is 5.97 Å². The van der Waals surface area contributed by atoms with Crippen LogP contribution in [0.3, 0.4) is 0 Å². The first-order valence-electron chi connectivity index (χ1n) is 7.90. The average molecular weight is 301 g/mol. The maximum Gasteiger partial charge on any atom is 0.317 e. The Morgan fingerprint density at radius 2 is 1.81 bits per heavy atom. The van der Waals surface area contributed by atoms with E-state index in [0.29, 0.717) is 19.5 Å². The summed E-state index contributed by atoms with van der Waals surface area (Å²) in [5.41, 5.74) is 0. The first-order chi connectivity index (χ1) is 9.92. The third kappa shape index (κ3) is 9.28. The normalized spacial score (nSPS) is 11.0. The third-order valence-electron chi connectivity index (χ3n) is 3.37. The molecule has 0 bridgehead atoms. The summed E-state index contributed by atoms with van der Waals surface area (Å²) in [4.78, 5) is 26.7. The van der Waals surface area contributed by atoms with Crippen LogP contribution in [0.1, 0.15) is 47.0 Å². The number of rotatable bonds is 11. The Kier molecular flexibility index (Phi) is 10.7. The maximum absolute atomic E-state index is 12.1. The van der Waals surface area contributed by atoms with Gasteiger partial charge in [0.2, 0.25) is 0 Å². The molecule has 21 heavy (non-hydrogen) atoms. The molecule has 0 fully saturated rings. The largest absolute Gasteiger partial charge is 0.481 e. The minimum absolute atomic E-state index is 0.0664. The number of hydrogen-bond acceptors (Lipinski definition) is 3. The topological polar surface area (TPSA) is 72.9 Å². The molecule has 0 aliphatic heterocycles. The second kappa shape index (κ2) is 11.4. The lowest BCUT2D eigenvalue weighted by atomic mass is 10.2. The molecule has 2 N–H and O–H groups in total. The van der Waals surface area contributed by atoms with E-state index in [4.69, 9.17) is 5.11 Å². The standard InChI is InChI=1S/C15H31N3O3/c1-5-10-17(6-2)12-9-16-15(21)18(13(3)4)11-7-8-14(19)20/h13H,5-12H2,1-4H3,(H,16,21)(H,19,20). The van der Waals surface area contributed by atoms with Crippen molar-refractivity contribution in [3.63, 3.8) is 0 Å². The fraction of sp³-hybridized carbons (Fsp3) is 0.867. The van der Waals surface area contributed by atoms with Gasteiger partial charge in [-0.25, -0.2) is 4.79 Å². The fourth-order valence-electron chi connectivity index (χ4n) is 2.16. The Hall–Kier alpha value is -1.30. The van der Waals surface area contributed by atoms with Crippen LogP contribution < -0.4 is 5.32 Å². The molecular weight excluding hydrogens is 270 g/mol. The van der Waals surface area contributed by atoms with E-state index in [0.717, 1.165) is 26.1 Å². The number of amides is 2. The highest BCUT2D eigenvalue weighted by Crippen LogP contribution is 2.02. The van der Waals surface area contributed by atoms with Crippen LogP contribution in [-0.4, -0.2) is 65.7 Å². The van der Waals surface area contributed by atoms with Gasteiger partial charge in [0.1, 0.15) is 0 Å². The molecule has 0 saturated heterocycles. The monoisotopic (exact) mass is 301 g/mol. The number of carboxylic acids is 1. The van der Waals surface area contributed by atoms with Crippen LogP contribution in [0, 0.1) is 0 Å². The van der Waals surface area contributed by atoms with Crippen molar-refractivity contribution in [2.24, 2.45) is 0 Å². The van der Waals surface area contributed by atoms with Crippen molar-refractivity contribution in [1.29, 1.82) is 0 Å².